The van der Waals surface area contributed by atoms with Crippen LogP contribution < -0.4 is 5.73 Å². The van der Waals surface area contributed by atoms with Gasteiger partial charge < -0.3 is 14.7 Å². The molecule has 7 heteroatoms. The number of nitrogens with two attached hydrogens (primary N) is 1. The van der Waals surface area contributed by atoms with E-state index in [1.54, 1.807) is 6.20 Å². The number of pyridine rings is 1. The molecule has 4 rings (SSSR count). The van der Waals surface area contributed by atoms with Crippen LogP contribution in [0.25, 0.3) is 32.9 Å². The molecule has 0 aliphatic carbocycles. The number of nitrogens with zero attached hydrogens (tertiary/aromatic N) is 2. The van der Waals surface area contributed by atoms with E-state index in [-0.39, 0.29) is 5.25 Å². The summed E-state index contributed by atoms with van der Waals surface area (Å²) in [6.07, 6.45) is 3.11. The number of aromatic nitrogens is 2. The lowest BCUT2D eigenvalue weighted by molar-refractivity contribution is 0.572. The Labute approximate surface area is 158 Å². The van der Waals surface area contributed by atoms with Crippen LogP contribution in [0.3, 0.4) is 0 Å². The molecule has 1 aromatic carbocycles. The third-order valence-corrected chi connectivity index (χ3v) is 7.09. The van der Waals surface area contributed by atoms with Gasteiger partial charge in [0, 0.05) is 16.6 Å². The first kappa shape index (κ1) is 17.1. The molecule has 3 aromatic heterocycles. The molecule has 0 fully saturated rings. The Hall–Kier alpha value is -2.35. The minimum absolute atomic E-state index is 0.0169. The van der Waals surface area contributed by atoms with Crippen molar-refractivity contribution in [1.29, 1.82) is 0 Å². The fourth-order valence-corrected chi connectivity index (χ4v) is 5.51. The maximum Gasteiger partial charge on any atom is 0.245 e. The summed E-state index contributed by atoms with van der Waals surface area (Å²) in [7, 11) is 0. The number of nitrogen functional groups attached to an aromatic ring is 1. The summed E-state index contributed by atoms with van der Waals surface area (Å²) in [5.74, 6) is 0.447. The van der Waals surface area contributed by atoms with Gasteiger partial charge in [-0.15, -0.1) is 0 Å². The second-order valence-corrected chi connectivity index (χ2v) is 9.29. The zero-order chi connectivity index (χ0) is 18.3. The van der Waals surface area contributed by atoms with Crippen molar-refractivity contribution in [2.75, 3.05) is 5.73 Å². The van der Waals surface area contributed by atoms with Gasteiger partial charge in [-0.2, -0.15) is 0 Å². The molecule has 0 aliphatic rings. The van der Waals surface area contributed by atoms with Gasteiger partial charge in [-0.25, -0.2) is 9.97 Å². The molecular formula is C19H17N3O2S2. The number of anilines is 1. The zero-order valence-corrected chi connectivity index (χ0v) is 15.9. The molecule has 5 nitrogen and oxygen atoms in total. The minimum Gasteiger partial charge on any atom is -0.611 e. The largest absolute Gasteiger partial charge is 0.611 e. The van der Waals surface area contributed by atoms with Crippen molar-refractivity contribution < 1.29 is 8.97 Å². The van der Waals surface area contributed by atoms with Crippen LogP contribution in [0.1, 0.15) is 13.8 Å². The molecule has 0 bridgehead atoms. The molecule has 0 saturated carbocycles. The summed E-state index contributed by atoms with van der Waals surface area (Å²) >= 11 is 0.202. The third-order valence-electron chi connectivity index (χ3n) is 4.01. The molecule has 0 spiro atoms. The van der Waals surface area contributed by atoms with E-state index in [1.165, 1.54) is 17.6 Å². The summed E-state index contributed by atoms with van der Waals surface area (Å²) in [6.45, 7) is 3.84. The fourth-order valence-electron chi connectivity index (χ4n) is 2.77. The van der Waals surface area contributed by atoms with Crippen LogP contribution in [0, 0.1) is 0 Å². The Kier molecular flexibility index (Phi) is 4.44. The molecule has 132 valence electrons. The van der Waals surface area contributed by atoms with E-state index in [0.717, 1.165) is 21.3 Å². The lowest BCUT2D eigenvalue weighted by atomic mass is 10.0. The van der Waals surface area contributed by atoms with Gasteiger partial charge in [0.25, 0.3) is 0 Å². The van der Waals surface area contributed by atoms with Gasteiger partial charge in [0.1, 0.15) is 27.7 Å². The van der Waals surface area contributed by atoms with Gasteiger partial charge in [0.05, 0.1) is 6.20 Å². The lowest BCUT2D eigenvalue weighted by Crippen LogP contribution is -2.13. The highest BCUT2D eigenvalue weighted by Crippen LogP contribution is 2.43. The van der Waals surface area contributed by atoms with E-state index < -0.39 is 11.2 Å². The lowest BCUT2D eigenvalue weighted by Gasteiger charge is -2.12. The molecule has 2 N–H and O–H groups in total. The van der Waals surface area contributed by atoms with Crippen molar-refractivity contribution in [3.05, 3.63) is 48.9 Å². The maximum absolute atomic E-state index is 12.7. The summed E-state index contributed by atoms with van der Waals surface area (Å²) in [4.78, 5) is 9.62. The van der Waals surface area contributed by atoms with Gasteiger partial charge in [-0.1, -0.05) is 41.7 Å². The fraction of sp³-hybridized carbons (Fsp3) is 0.158. The van der Waals surface area contributed by atoms with E-state index >= 15 is 0 Å². The first-order valence-corrected chi connectivity index (χ1v) is 10.2. The van der Waals surface area contributed by atoms with Crippen LogP contribution in [0.2, 0.25) is 0 Å². The average Bonchev–Trinajstić information content (AvgIpc) is 3.29. The Bertz CT molecular complexity index is 1040. The Morgan fingerprint density at radius 3 is 2.65 bits per heavy atom. The quantitative estimate of drug-likeness (QED) is 0.515. The Balaban J connectivity index is 2.02. The molecule has 1 atom stereocenters. The van der Waals surface area contributed by atoms with E-state index in [9.17, 15) is 4.55 Å². The van der Waals surface area contributed by atoms with Gasteiger partial charge in [0.2, 0.25) is 10.1 Å². The molecule has 4 aromatic rings. The van der Waals surface area contributed by atoms with E-state index in [4.69, 9.17) is 10.2 Å². The number of hydrogen-bond acceptors (Lipinski definition) is 6. The highest BCUT2D eigenvalue weighted by molar-refractivity contribution is 7.94. The molecule has 26 heavy (non-hydrogen) atoms. The van der Waals surface area contributed by atoms with Crippen molar-refractivity contribution in [1.82, 2.24) is 9.97 Å². The number of rotatable bonds is 4. The van der Waals surface area contributed by atoms with Crippen LogP contribution in [-0.4, -0.2) is 19.8 Å². The molecule has 0 aliphatic heterocycles. The minimum atomic E-state index is -1.17. The predicted octanol–water partition coefficient (Wildman–Crippen LogP) is 4.72. The van der Waals surface area contributed by atoms with Crippen LogP contribution in [0.4, 0.5) is 5.69 Å². The van der Waals surface area contributed by atoms with Gasteiger partial charge in [-0.05, 0) is 31.0 Å². The average molecular weight is 383 g/mol. The normalized spacial score (nSPS) is 12.8. The first-order chi connectivity index (χ1) is 12.6. The van der Waals surface area contributed by atoms with E-state index in [2.05, 4.69) is 9.97 Å². The second-order valence-electron chi connectivity index (χ2n) is 6.09. The number of oxazole rings is 1. The van der Waals surface area contributed by atoms with Crippen molar-refractivity contribution in [2.45, 2.75) is 23.3 Å². The molecule has 0 radical (unpaired) electrons. The van der Waals surface area contributed by atoms with Crippen molar-refractivity contribution in [3.8, 4) is 22.7 Å². The molecule has 0 amide bonds. The molecule has 0 saturated heterocycles. The van der Waals surface area contributed by atoms with Gasteiger partial charge in [0.15, 0.2) is 0 Å². The smallest absolute Gasteiger partial charge is 0.245 e. The highest BCUT2D eigenvalue weighted by Gasteiger charge is 2.27. The SMILES string of the molecule is CC(C)[S+]([O-])c1sc2nc(-c3ncco3)cc(-c3ccccc3)c2c1N. The summed E-state index contributed by atoms with van der Waals surface area (Å²) in [5.41, 5.74) is 9.54. The Morgan fingerprint density at radius 2 is 2.00 bits per heavy atom. The second kappa shape index (κ2) is 6.75. The first-order valence-electron chi connectivity index (χ1n) is 8.15. The van der Waals surface area contributed by atoms with Gasteiger partial charge in [-0.3, -0.25) is 0 Å². The van der Waals surface area contributed by atoms with Crippen molar-refractivity contribution in [2.24, 2.45) is 0 Å². The van der Waals surface area contributed by atoms with Crippen LogP contribution in [0.5, 0.6) is 0 Å². The standard InChI is InChI=1S/C19H17N3O2S2/c1-11(2)26(23)19-16(20)15-13(12-6-4-3-5-7-12)10-14(22-18(15)25-19)17-21-8-9-24-17/h3-11H,20H2,1-2H3. The molecule has 3 heterocycles. The highest BCUT2D eigenvalue weighted by atomic mass is 32.2. The Morgan fingerprint density at radius 1 is 1.23 bits per heavy atom. The third kappa shape index (κ3) is 2.88. The van der Waals surface area contributed by atoms with Crippen molar-refractivity contribution in [3.63, 3.8) is 0 Å². The van der Waals surface area contributed by atoms with Gasteiger partial charge >= 0.3 is 0 Å². The predicted molar refractivity (Wildman–Crippen MR) is 107 cm³/mol. The topological polar surface area (TPSA) is 88.0 Å². The zero-order valence-electron chi connectivity index (χ0n) is 14.3. The molecular weight excluding hydrogens is 366 g/mol. The van der Waals surface area contributed by atoms with Crippen molar-refractivity contribution >= 4 is 38.4 Å². The number of thiophene rings is 1. The summed E-state index contributed by atoms with van der Waals surface area (Å²) < 4.78 is 18.8. The number of fused-ring (bicyclic) bond motifs is 1. The van der Waals surface area contributed by atoms with E-state index in [1.807, 2.05) is 50.2 Å². The number of hydrogen-bond donors (Lipinski definition) is 1. The molecule has 1 unspecified atom stereocenters. The monoisotopic (exact) mass is 383 g/mol. The summed E-state index contributed by atoms with van der Waals surface area (Å²) in [5, 5.41) is 0.817. The van der Waals surface area contributed by atoms with E-state index in [0.29, 0.717) is 21.5 Å². The summed E-state index contributed by atoms with van der Waals surface area (Å²) in [6, 6.07) is 11.9. The van der Waals surface area contributed by atoms with Crippen LogP contribution in [0.15, 0.2) is 57.5 Å². The van der Waals surface area contributed by atoms with Crippen LogP contribution >= 0.6 is 11.3 Å². The van der Waals surface area contributed by atoms with Crippen LogP contribution in [-0.2, 0) is 11.2 Å². The maximum atomic E-state index is 12.7. The number of benzene rings is 1.